The number of carboxylic acid groups (broad SMARTS) is 1. The van der Waals surface area contributed by atoms with Crippen LogP contribution in [0.25, 0.3) is 0 Å². The Hall–Kier alpha value is -2.86. The fourth-order valence-corrected chi connectivity index (χ4v) is 6.73. The number of hydrogen-bond acceptors (Lipinski definition) is 7. The van der Waals surface area contributed by atoms with E-state index in [0.29, 0.717) is 18.8 Å². The van der Waals surface area contributed by atoms with Gasteiger partial charge in [-0.3, -0.25) is 9.52 Å². The van der Waals surface area contributed by atoms with Crippen LogP contribution < -0.4 is 9.62 Å². The minimum atomic E-state index is -4.50. The molecular formula is C26H37F2N5O4S. The topological polar surface area (TPSA) is 116 Å². The van der Waals surface area contributed by atoms with E-state index in [2.05, 4.69) is 33.7 Å². The van der Waals surface area contributed by atoms with E-state index < -0.39 is 26.6 Å². The number of halogens is 2. The molecule has 38 heavy (non-hydrogen) atoms. The van der Waals surface area contributed by atoms with Crippen molar-refractivity contribution >= 4 is 28.0 Å². The van der Waals surface area contributed by atoms with Crippen molar-refractivity contribution in [2.24, 2.45) is 5.92 Å². The SMILES string of the molecule is CN(C)[C@]1(CCC2CCCCC2)CCCN(c2cc(F)c(S(=O)(=O)Nc3ccncn3)c(F)c2)C1.O=CO. The van der Waals surface area contributed by atoms with Gasteiger partial charge in [-0.2, -0.15) is 0 Å². The van der Waals surface area contributed by atoms with Crippen LogP contribution in [0.5, 0.6) is 0 Å². The zero-order chi connectivity index (χ0) is 27.8. The van der Waals surface area contributed by atoms with Crippen LogP contribution in [-0.2, 0) is 14.8 Å². The molecule has 2 aliphatic rings. The summed E-state index contributed by atoms with van der Waals surface area (Å²) in [6.07, 6.45) is 13.2. The summed E-state index contributed by atoms with van der Waals surface area (Å²) in [4.78, 5) is 19.1. The van der Waals surface area contributed by atoms with Crippen molar-refractivity contribution in [1.29, 1.82) is 0 Å². The highest BCUT2D eigenvalue weighted by Gasteiger charge is 2.38. The zero-order valence-corrected chi connectivity index (χ0v) is 22.8. The van der Waals surface area contributed by atoms with Crippen LogP contribution in [-0.4, -0.2) is 67.6 Å². The predicted octanol–water partition coefficient (Wildman–Crippen LogP) is 4.52. The third-order valence-electron chi connectivity index (χ3n) is 7.68. The molecule has 0 unspecified atom stereocenters. The Morgan fingerprint density at radius 2 is 1.84 bits per heavy atom. The minimum absolute atomic E-state index is 0.0624. The van der Waals surface area contributed by atoms with Gasteiger partial charge in [-0.15, -0.1) is 0 Å². The number of aromatic nitrogens is 2. The van der Waals surface area contributed by atoms with Gasteiger partial charge in [0.05, 0.1) is 0 Å². The van der Waals surface area contributed by atoms with Gasteiger partial charge in [0.2, 0.25) is 0 Å². The monoisotopic (exact) mass is 553 g/mol. The summed E-state index contributed by atoms with van der Waals surface area (Å²) in [5.41, 5.74) is 0.284. The minimum Gasteiger partial charge on any atom is -0.483 e. The van der Waals surface area contributed by atoms with Gasteiger partial charge in [0.15, 0.2) is 4.90 Å². The second-order valence-corrected chi connectivity index (χ2v) is 11.8. The summed E-state index contributed by atoms with van der Waals surface area (Å²) in [5.74, 6) is -1.54. The van der Waals surface area contributed by atoms with Crippen LogP contribution >= 0.6 is 0 Å². The zero-order valence-electron chi connectivity index (χ0n) is 21.9. The van der Waals surface area contributed by atoms with Crippen LogP contribution in [0.4, 0.5) is 20.3 Å². The maximum absolute atomic E-state index is 15.1. The van der Waals surface area contributed by atoms with Gasteiger partial charge in [-0.05, 0) is 63.9 Å². The number of nitrogens with zero attached hydrogens (tertiary/aromatic N) is 4. The summed E-state index contributed by atoms with van der Waals surface area (Å²) in [6.45, 7) is 1.07. The maximum atomic E-state index is 15.1. The van der Waals surface area contributed by atoms with Crippen LogP contribution in [0.15, 0.2) is 35.6 Å². The van der Waals surface area contributed by atoms with E-state index in [9.17, 15) is 8.42 Å². The molecule has 2 fully saturated rings. The van der Waals surface area contributed by atoms with Crippen LogP contribution in [0.3, 0.4) is 0 Å². The molecule has 4 rings (SSSR count). The number of sulfonamides is 1. The van der Waals surface area contributed by atoms with Gasteiger partial charge in [-0.1, -0.05) is 32.1 Å². The quantitative estimate of drug-likeness (QED) is 0.459. The molecule has 1 aliphatic heterocycles. The lowest BCUT2D eigenvalue weighted by Gasteiger charge is -2.48. The summed E-state index contributed by atoms with van der Waals surface area (Å²) in [7, 11) is -0.330. The van der Waals surface area contributed by atoms with Crippen molar-refractivity contribution in [2.75, 3.05) is 36.8 Å². The molecule has 0 spiro atoms. The summed E-state index contributed by atoms with van der Waals surface area (Å²) >= 11 is 0. The Kier molecular flexibility index (Phi) is 10.4. The Labute approximate surface area is 223 Å². The first-order chi connectivity index (χ1) is 18.1. The highest BCUT2D eigenvalue weighted by molar-refractivity contribution is 7.92. The second-order valence-electron chi connectivity index (χ2n) is 10.2. The van der Waals surface area contributed by atoms with Crippen LogP contribution in [0, 0.1) is 17.6 Å². The van der Waals surface area contributed by atoms with Crippen molar-refractivity contribution in [3.05, 3.63) is 42.4 Å². The molecule has 0 radical (unpaired) electrons. The van der Waals surface area contributed by atoms with Crippen LogP contribution in [0.1, 0.15) is 57.8 Å². The highest BCUT2D eigenvalue weighted by Crippen LogP contribution is 2.37. The van der Waals surface area contributed by atoms with Crippen LogP contribution in [0.2, 0.25) is 0 Å². The first-order valence-electron chi connectivity index (χ1n) is 12.9. The van der Waals surface area contributed by atoms with Crippen molar-refractivity contribution in [1.82, 2.24) is 14.9 Å². The predicted molar refractivity (Wildman–Crippen MR) is 142 cm³/mol. The standard InChI is InChI=1S/C25H35F2N5O2S.CH2O2/c1-31(2)25(12-9-19-7-4-3-5-8-19)11-6-14-32(17-25)20-15-21(26)24(22(27)16-20)35(33,34)30-23-10-13-28-18-29-23;2-1-3/h10,13,15-16,18-19H,3-9,11-12,14,17H2,1-2H3,(H,28,29,30);1H,(H,2,3)/t25-;/m0./s1. The Bertz CT molecular complexity index is 1140. The molecule has 1 aliphatic carbocycles. The molecule has 1 saturated carbocycles. The van der Waals surface area contributed by atoms with E-state index >= 15 is 8.78 Å². The molecule has 210 valence electrons. The first-order valence-corrected chi connectivity index (χ1v) is 14.4. The average molecular weight is 554 g/mol. The Morgan fingerprint density at radius 3 is 2.42 bits per heavy atom. The van der Waals surface area contributed by atoms with Gasteiger partial charge in [0.25, 0.3) is 16.5 Å². The van der Waals surface area contributed by atoms with Gasteiger partial charge in [0.1, 0.15) is 23.8 Å². The van der Waals surface area contributed by atoms with E-state index in [1.54, 1.807) is 0 Å². The normalized spacial score (nSPS) is 20.5. The number of piperidine rings is 1. The molecule has 12 heteroatoms. The fourth-order valence-electron chi connectivity index (χ4n) is 5.60. The number of nitrogens with one attached hydrogen (secondary N) is 1. The lowest BCUT2D eigenvalue weighted by molar-refractivity contribution is -0.122. The lowest BCUT2D eigenvalue weighted by atomic mass is 9.78. The molecule has 0 bridgehead atoms. The number of rotatable bonds is 8. The molecule has 1 saturated heterocycles. The first kappa shape index (κ1) is 29.7. The van der Waals surface area contributed by atoms with E-state index in [0.717, 1.165) is 43.6 Å². The third kappa shape index (κ3) is 7.37. The molecular weight excluding hydrogens is 516 g/mol. The Morgan fingerprint density at radius 1 is 1.18 bits per heavy atom. The Balaban J connectivity index is 0.00000127. The van der Waals surface area contributed by atoms with Crippen molar-refractivity contribution < 1.29 is 27.1 Å². The smallest absolute Gasteiger partial charge is 0.290 e. The lowest BCUT2D eigenvalue weighted by Crippen LogP contribution is -2.56. The summed E-state index contributed by atoms with van der Waals surface area (Å²) < 4.78 is 57.6. The van der Waals surface area contributed by atoms with E-state index in [1.165, 1.54) is 50.8 Å². The fraction of sp³-hybridized carbons (Fsp3) is 0.577. The average Bonchev–Trinajstić information content (AvgIpc) is 2.88. The van der Waals surface area contributed by atoms with Gasteiger partial charge in [-0.25, -0.2) is 27.2 Å². The van der Waals surface area contributed by atoms with Crippen molar-refractivity contribution in [3.8, 4) is 0 Å². The maximum Gasteiger partial charge on any atom is 0.290 e. The number of anilines is 2. The molecule has 1 atom stereocenters. The number of likely N-dealkylation sites (N-methyl/N-ethyl adjacent to an activating group) is 1. The third-order valence-corrected chi connectivity index (χ3v) is 9.09. The largest absolute Gasteiger partial charge is 0.483 e. The van der Waals surface area contributed by atoms with Gasteiger partial charge in [0, 0.05) is 30.5 Å². The molecule has 2 N–H and O–H groups in total. The van der Waals surface area contributed by atoms with Gasteiger partial charge < -0.3 is 14.9 Å². The van der Waals surface area contributed by atoms with Gasteiger partial charge >= 0.3 is 0 Å². The van der Waals surface area contributed by atoms with E-state index in [4.69, 9.17) is 9.90 Å². The number of hydrogen-bond donors (Lipinski definition) is 2. The second kappa shape index (κ2) is 13.3. The number of benzene rings is 1. The van der Waals surface area contributed by atoms with E-state index in [-0.39, 0.29) is 17.8 Å². The summed E-state index contributed by atoms with van der Waals surface area (Å²) in [5, 5.41) is 6.89. The molecule has 1 aromatic heterocycles. The molecule has 2 heterocycles. The molecule has 0 amide bonds. The van der Waals surface area contributed by atoms with Crippen molar-refractivity contribution in [2.45, 2.75) is 68.2 Å². The number of carbonyl (C=O) groups is 1. The molecule has 9 nitrogen and oxygen atoms in total. The summed E-state index contributed by atoms with van der Waals surface area (Å²) in [6, 6.07) is 3.57. The molecule has 2 aromatic rings. The van der Waals surface area contributed by atoms with Crippen molar-refractivity contribution in [3.63, 3.8) is 0 Å². The van der Waals surface area contributed by atoms with E-state index in [1.807, 2.05) is 4.90 Å². The highest BCUT2D eigenvalue weighted by atomic mass is 32.2. The molecule has 1 aromatic carbocycles.